The van der Waals surface area contributed by atoms with Crippen molar-refractivity contribution in [3.05, 3.63) is 60.8 Å². The minimum Gasteiger partial charge on any atom is -0.394 e. The Morgan fingerprint density at radius 1 is 0.429 bits per heavy atom. The van der Waals surface area contributed by atoms with Crippen molar-refractivity contribution in [3.8, 4) is 0 Å². The molecule has 9 N–H and O–H groups in total. The Bertz CT molecular complexity index is 1640. The molecular formula is C70H127NO13. The molecule has 2 aliphatic rings. The predicted octanol–water partition coefficient (Wildman–Crippen LogP) is 13.7. The van der Waals surface area contributed by atoms with Crippen molar-refractivity contribution < 1.29 is 64.6 Å². The summed E-state index contributed by atoms with van der Waals surface area (Å²) >= 11 is 0. The van der Waals surface area contributed by atoms with E-state index in [2.05, 4.69) is 67.8 Å². The quantitative estimate of drug-likeness (QED) is 0.0204. The molecule has 2 fully saturated rings. The van der Waals surface area contributed by atoms with Crippen LogP contribution in [0.4, 0.5) is 0 Å². The number of aliphatic hydroxyl groups is 8. The molecule has 0 aromatic rings. The van der Waals surface area contributed by atoms with Crippen LogP contribution in [-0.4, -0.2) is 140 Å². The number of hydrogen-bond donors (Lipinski definition) is 9. The van der Waals surface area contributed by atoms with Gasteiger partial charge >= 0.3 is 0 Å². The third-order valence-corrected chi connectivity index (χ3v) is 16.7. The van der Waals surface area contributed by atoms with Gasteiger partial charge in [0.05, 0.1) is 32.0 Å². The summed E-state index contributed by atoms with van der Waals surface area (Å²) in [4.78, 5) is 13.3. The number of ether oxygens (including phenoxy) is 4. The van der Waals surface area contributed by atoms with Crippen molar-refractivity contribution in [1.82, 2.24) is 5.32 Å². The fraction of sp³-hybridized carbons (Fsp3) is 0.843. The first-order valence-electron chi connectivity index (χ1n) is 34.5. The Morgan fingerprint density at radius 3 is 1.24 bits per heavy atom. The maximum atomic E-state index is 13.3. The fourth-order valence-electron chi connectivity index (χ4n) is 11.1. The second-order valence-corrected chi connectivity index (χ2v) is 24.3. The maximum Gasteiger partial charge on any atom is 0.220 e. The van der Waals surface area contributed by atoms with Crippen LogP contribution in [0.25, 0.3) is 0 Å². The zero-order chi connectivity index (χ0) is 60.9. The number of allylic oxidation sites excluding steroid dienone is 9. The Kier molecular flexibility index (Phi) is 50.8. The molecule has 0 aromatic carbocycles. The first kappa shape index (κ1) is 77.8. The van der Waals surface area contributed by atoms with Gasteiger partial charge in [-0.2, -0.15) is 0 Å². The molecule has 2 rings (SSSR count). The normalized spacial score (nSPS) is 24.0. The molecule has 490 valence electrons. The molecule has 84 heavy (non-hydrogen) atoms. The standard InChI is InChI=1S/C70H127NO13/c1-3-5-7-9-11-13-15-17-19-20-21-22-23-24-25-26-27-28-29-30-31-32-33-34-35-36-37-38-40-42-44-46-48-50-52-54-62(75)71-58(59(74)53-51-49-47-45-43-41-39-18-16-14-12-10-8-6-4-2)57-81-69-67(80)65(78)68(61(56-73)83-69)84-70-66(79)64(77)63(76)60(55-72)82-70/h15-18,20-21,43,45,51,53,58-61,63-70,72-74,76-80H,3-14,19,22-42,44,46-50,52,54-57H2,1-2H3,(H,71,75)/b17-15-,18-16+,21-20-,45-43+,53-51+. The van der Waals surface area contributed by atoms with Gasteiger partial charge < -0.3 is 65.1 Å². The molecule has 12 unspecified atom stereocenters. The molecule has 0 radical (unpaired) electrons. The van der Waals surface area contributed by atoms with E-state index in [0.717, 1.165) is 51.4 Å². The predicted molar refractivity (Wildman–Crippen MR) is 341 cm³/mol. The van der Waals surface area contributed by atoms with E-state index in [1.807, 2.05) is 6.08 Å². The minimum absolute atomic E-state index is 0.251. The number of aliphatic hydroxyl groups excluding tert-OH is 8. The van der Waals surface area contributed by atoms with Gasteiger partial charge in [-0.25, -0.2) is 0 Å². The molecule has 2 heterocycles. The van der Waals surface area contributed by atoms with Gasteiger partial charge in [-0.1, -0.05) is 261 Å². The minimum atomic E-state index is -1.79. The lowest BCUT2D eigenvalue weighted by Crippen LogP contribution is -2.65. The molecule has 14 nitrogen and oxygen atoms in total. The third kappa shape index (κ3) is 38.9. The van der Waals surface area contributed by atoms with Crippen LogP contribution in [0.1, 0.15) is 284 Å². The summed E-state index contributed by atoms with van der Waals surface area (Å²) in [6, 6.07) is -0.938. The molecule has 2 aliphatic heterocycles. The number of amides is 1. The van der Waals surface area contributed by atoms with E-state index >= 15 is 0 Å². The van der Waals surface area contributed by atoms with Crippen molar-refractivity contribution in [2.75, 3.05) is 19.8 Å². The SMILES string of the molecule is CCCCCCC/C=C\C/C=C\CCCCCCCCCCCCCCCCCCCCCCCCCC(=O)NC(COC1OC(CO)C(OC2OC(CO)C(O)C(O)C2O)C(O)C1O)C(O)/C=C/CC/C=C/CC/C=C/CCCCCCC. The van der Waals surface area contributed by atoms with Crippen LogP contribution in [0.15, 0.2) is 60.8 Å². The summed E-state index contributed by atoms with van der Waals surface area (Å²) in [5.74, 6) is -0.251. The third-order valence-electron chi connectivity index (χ3n) is 16.7. The Morgan fingerprint density at radius 2 is 0.798 bits per heavy atom. The molecule has 14 heteroatoms. The van der Waals surface area contributed by atoms with Crippen LogP contribution in [0.5, 0.6) is 0 Å². The largest absolute Gasteiger partial charge is 0.394 e. The average Bonchev–Trinajstić information content (AvgIpc) is 3.23. The van der Waals surface area contributed by atoms with Gasteiger partial charge in [0.25, 0.3) is 0 Å². The number of unbranched alkanes of at least 4 members (excludes halogenated alkanes) is 35. The molecule has 0 aromatic heterocycles. The first-order chi connectivity index (χ1) is 41.1. The monoisotopic (exact) mass is 1190 g/mol. The highest BCUT2D eigenvalue weighted by Crippen LogP contribution is 2.30. The van der Waals surface area contributed by atoms with Crippen molar-refractivity contribution in [2.24, 2.45) is 0 Å². The van der Waals surface area contributed by atoms with E-state index < -0.39 is 86.8 Å². The Labute approximate surface area is 511 Å². The van der Waals surface area contributed by atoms with Crippen LogP contribution in [0.3, 0.4) is 0 Å². The van der Waals surface area contributed by atoms with Gasteiger partial charge in [-0.3, -0.25) is 4.79 Å². The van der Waals surface area contributed by atoms with E-state index in [1.165, 1.54) is 199 Å². The molecule has 0 aliphatic carbocycles. The number of rotatable bonds is 56. The van der Waals surface area contributed by atoms with Crippen molar-refractivity contribution in [2.45, 2.75) is 357 Å². The van der Waals surface area contributed by atoms with Crippen molar-refractivity contribution in [1.29, 1.82) is 0 Å². The van der Waals surface area contributed by atoms with E-state index in [4.69, 9.17) is 18.9 Å². The molecule has 2 saturated heterocycles. The number of nitrogens with one attached hydrogen (secondary N) is 1. The lowest BCUT2D eigenvalue weighted by atomic mass is 9.97. The molecule has 0 spiro atoms. The van der Waals surface area contributed by atoms with Gasteiger partial charge in [0.15, 0.2) is 12.6 Å². The zero-order valence-electron chi connectivity index (χ0n) is 53.1. The maximum absolute atomic E-state index is 13.3. The van der Waals surface area contributed by atoms with Crippen LogP contribution < -0.4 is 5.32 Å². The van der Waals surface area contributed by atoms with Crippen LogP contribution in [0, 0.1) is 0 Å². The lowest BCUT2D eigenvalue weighted by Gasteiger charge is -2.46. The summed E-state index contributed by atoms with van der Waals surface area (Å²) in [5, 5.41) is 87.2. The highest BCUT2D eigenvalue weighted by molar-refractivity contribution is 5.76. The topological polar surface area (TPSA) is 228 Å². The molecule has 12 atom stereocenters. The second-order valence-electron chi connectivity index (χ2n) is 24.3. The van der Waals surface area contributed by atoms with Gasteiger partial charge in [0.2, 0.25) is 5.91 Å². The van der Waals surface area contributed by atoms with E-state index in [1.54, 1.807) is 6.08 Å². The Balaban J connectivity index is 1.61. The summed E-state index contributed by atoms with van der Waals surface area (Å²) in [6.07, 6.45) is 55.8. The average molecular weight is 1190 g/mol. The van der Waals surface area contributed by atoms with E-state index in [9.17, 15) is 45.6 Å². The fourth-order valence-corrected chi connectivity index (χ4v) is 11.1. The van der Waals surface area contributed by atoms with Gasteiger partial charge in [0.1, 0.15) is 48.8 Å². The lowest BCUT2D eigenvalue weighted by molar-refractivity contribution is -0.359. The Hall–Kier alpha value is -2.31. The zero-order valence-corrected chi connectivity index (χ0v) is 53.1. The highest BCUT2D eigenvalue weighted by atomic mass is 16.7. The van der Waals surface area contributed by atoms with Crippen LogP contribution in [0.2, 0.25) is 0 Å². The van der Waals surface area contributed by atoms with Crippen molar-refractivity contribution >= 4 is 5.91 Å². The highest BCUT2D eigenvalue weighted by Gasteiger charge is 2.51. The molecule has 0 bridgehead atoms. The smallest absolute Gasteiger partial charge is 0.220 e. The molecular weight excluding hydrogens is 1060 g/mol. The summed E-state index contributed by atoms with van der Waals surface area (Å²) in [7, 11) is 0. The van der Waals surface area contributed by atoms with Gasteiger partial charge in [0, 0.05) is 6.42 Å². The van der Waals surface area contributed by atoms with E-state index in [0.29, 0.717) is 12.8 Å². The number of carbonyl (C=O) groups is 1. The van der Waals surface area contributed by atoms with Crippen LogP contribution >= 0.6 is 0 Å². The molecule has 1 amide bonds. The van der Waals surface area contributed by atoms with Crippen molar-refractivity contribution in [3.63, 3.8) is 0 Å². The van der Waals surface area contributed by atoms with Gasteiger partial charge in [-0.15, -0.1) is 0 Å². The molecule has 0 saturated carbocycles. The van der Waals surface area contributed by atoms with Crippen LogP contribution in [-0.2, 0) is 23.7 Å². The summed E-state index contributed by atoms with van der Waals surface area (Å²) < 4.78 is 22.8. The number of hydrogen-bond acceptors (Lipinski definition) is 13. The summed E-state index contributed by atoms with van der Waals surface area (Å²) in [5.41, 5.74) is 0. The summed E-state index contributed by atoms with van der Waals surface area (Å²) in [6.45, 7) is 2.76. The second kappa shape index (κ2) is 54.8. The van der Waals surface area contributed by atoms with E-state index in [-0.39, 0.29) is 18.9 Å². The number of carbonyl (C=O) groups excluding carboxylic acids is 1. The first-order valence-corrected chi connectivity index (χ1v) is 34.5. The van der Waals surface area contributed by atoms with Gasteiger partial charge in [-0.05, 0) is 77.0 Å².